The number of sulfonamides is 1. The molecule has 30 heavy (non-hydrogen) atoms. The summed E-state index contributed by atoms with van der Waals surface area (Å²) < 4.78 is 77.6. The summed E-state index contributed by atoms with van der Waals surface area (Å²) in [6.07, 6.45) is 0.375. The van der Waals surface area contributed by atoms with Crippen molar-refractivity contribution in [3.8, 4) is 0 Å². The minimum Gasteiger partial charge on any atom is -0.301 e. The van der Waals surface area contributed by atoms with E-state index in [4.69, 9.17) is 11.6 Å². The molecule has 0 saturated carbocycles. The molecule has 0 N–H and O–H groups in total. The Balaban J connectivity index is 1.52. The Morgan fingerprint density at radius 3 is 2.07 bits per heavy atom. The van der Waals surface area contributed by atoms with Gasteiger partial charge in [-0.2, -0.15) is 4.31 Å². The maximum absolute atomic E-state index is 13.3. The summed E-state index contributed by atoms with van der Waals surface area (Å²) in [6.45, 7) is 1.87. The standard InChI is InChI=1S/C19H21ClF2N2O4S2/c20-18-14-17(6-7-19(18)22)30(27,28)24-11-9-23(10-12-24)8-1-13-29(25,26)16-4-2-15(21)3-5-16/h2-7,14H,1,8-13H2. The molecule has 0 radical (unpaired) electrons. The molecule has 0 amide bonds. The van der Waals surface area contributed by atoms with Crippen LogP contribution in [-0.2, 0) is 19.9 Å². The summed E-state index contributed by atoms with van der Waals surface area (Å²) >= 11 is 5.69. The van der Waals surface area contributed by atoms with Crippen molar-refractivity contribution >= 4 is 31.5 Å². The summed E-state index contributed by atoms with van der Waals surface area (Å²) in [6, 6.07) is 8.02. The lowest BCUT2D eigenvalue weighted by atomic mass is 10.3. The Bertz CT molecular complexity index is 1100. The summed E-state index contributed by atoms with van der Waals surface area (Å²) in [5, 5.41) is -0.253. The van der Waals surface area contributed by atoms with Gasteiger partial charge in [-0.25, -0.2) is 25.6 Å². The lowest BCUT2D eigenvalue weighted by molar-refractivity contribution is 0.189. The quantitative estimate of drug-likeness (QED) is 0.572. The number of sulfone groups is 1. The second-order valence-electron chi connectivity index (χ2n) is 6.95. The highest BCUT2D eigenvalue weighted by Crippen LogP contribution is 2.23. The van der Waals surface area contributed by atoms with Gasteiger partial charge in [-0.1, -0.05) is 11.6 Å². The third kappa shape index (κ3) is 5.36. The van der Waals surface area contributed by atoms with Crippen molar-refractivity contribution < 1.29 is 25.6 Å². The van der Waals surface area contributed by atoms with Crippen molar-refractivity contribution in [1.29, 1.82) is 0 Å². The zero-order chi connectivity index (χ0) is 21.9. The molecule has 11 heteroatoms. The van der Waals surface area contributed by atoms with Crippen LogP contribution >= 0.6 is 11.6 Å². The fourth-order valence-corrected chi connectivity index (χ4v) is 6.21. The van der Waals surface area contributed by atoms with Gasteiger partial charge in [0, 0.05) is 26.2 Å². The largest absolute Gasteiger partial charge is 0.301 e. The van der Waals surface area contributed by atoms with Crippen LogP contribution in [0, 0.1) is 11.6 Å². The molecular weight excluding hydrogens is 458 g/mol. The molecule has 6 nitrogen and oxygen atoms in total. The molecule has 2 aromatic rings. The maximum atomic E-state index is 13.3. The van der Waals surface area contributed by atoms with Gasteiger partial charge in [-0.15, -0.1) is 0 Å². The van der Waals surface area contributed by atoms with Crippen molar-refractivity contribution in [3.05, 3.63) is 59.1 Å². The molecule has 2 aromatic carbocycles. The summed E-state index contributed by atoms with van der Waals surface area (Å²) in [5.74, 6) is -1.26. The van der Waals surface area contributed by atoms with Gasteiger partial charge < -0.3 is 4.90 Å². The van der Waals surface area contributed by atoms with Crippen LogP contribution in [0.3, 0.4) is 0 Å². The Kier molecular flexibility index (Phi) is 7.13. The smallest absolute Gasteiger partial charge is 0.243 e. The number of halogens is 3. The van der Waals surface area contributed by atoms with Crippen molar-refractivity contribution in [3.63, 3.8) is 0 Å². The lowest BCUT2D eigenvalue weighted by Gasteiger charge is -2.34. The molecule has 0 bridgehead atoms. The van der Waals surface area contributed by atoms with Crippen LogP contribution in [0.1, 0.15) is 6.42 Å². The summed E-state index contributed by atoms with van der Waals surface area (Å²) in [7, 11) is -7.28. The molecular formula is C19H21ClF2N2O4S2. The Morgan fingerprint density at radius 2 is 1.47 bits per heavy atom. The molecule has 0 aromatic heterocycles. The van der Waals surface area contributed by atoms with Crippen LogP contribution in [0.25, 0.3) is 0 Å². The predicted octanol–water partition coefficient (Wildman–Crippen LogP) is 2.79. The topological polar surface area (TPSA) is 74.8 Å². The monoisotopic (exact) mass is 478 g/mol. The van der Waals surface area contributed by atoms with Crippen LogP contribution in [0.4, 0.5) is 8.78 Å². The molecule has 1 fully saturated rings. The molecule has 0 atom stereocenters. The Morgan fingerprint density at radius 1 is 0.867 bits per heavy atom. The predicted molar refractivity (Wildman–Crippen MR) is 110 cm³/mol. The van der Waals surface area contributed by atoms with E-state index in [-0.39, 0.29) is 33.7 Å². The molecule has 164 valence electrons. The summed E-state index contributed by atoms with van der Waals surface area (Å²) in [4.78, 5) is 2.01. The molecule has 1 heterocycles. The van der Waals surface area contributed by atoms with E-state index in [9.17, 15) is 25.6 Å². The van der Waals surface area contributed by atoms with E-state index in [1.807, 2.05) is 4.90 Å². The first-order valence-electron chi connectivity index (χ1n) is 9.25. The van der Waals surface area contributed by atoms with E-state index in [0.29, 0.717) is 26.1 Å². The number of piperazine rings is 1. The van der Waals surface area contributed by atoms with Gasteiger partial charge in [0.25, 0.3) is 0 Å². The van der Waals surface area contributed by atoms with Gasteiger partial charge in [0.05, 0.1) is 20.6 Å². The van der Waals surface area contributed by atoms with Gasteiger partial charge in [-0.05, 0) is 55.4 Å². The SMILES string of the molecule is O=S(=O)(CCCN1CCN(S(=O)(=O)c2ccc(F)c(Cl)c2)CC1)c1ccc(F)cc1. The third-order valence-electron chi connectivity index (χ3n) is 4.92. The fourth-order valence-electron chi connectivity index (χ4n) is 3.22. The average Bonchev–Trinajstić information content (AvgIpc) is 2.70. The van der Waals surface area contributed by atoms with Crippen molar-refractivity contribution in [1.82, 2.24) is 9.21 Å². The average molecular weight is 479 g/mol. The molecule has 0 unspecified atom stereocenters. The van der Waals surface area contributed by atoms with E-state index >= 15 is 0 Å². The minimum absolute atomic E-state index is 0.0623. The zero-order valence-corrected chi connectivity index (χ0v) is 18.4. The maximum Gasteiger partial charge on any atom is 0.243 e. The molecule has 1 aliphatic rings. The normalized spacial score (nSPS) is 16.6. The highest BCUT2D eigenvalue weighted by molar-refractivity contribution is 7.91. The van der Waals surface area contributed by atoms with E-state index in [0.717, 1.165) is 24.3 Å². The molecule has 0 spiro atoms. The van der Waals surface area contributed by atoms with Gasteiger partial charge in [0.2, 0.25) is 10.0 Å². The third-order valence-corrected chi connectivity index (χ3v) is 8.92. The minimum atomic E-state index is -3.78. The van der Waals surface area contributed by atoms with Crippen LogP contribution in [0.5, 0.6) is 0 Å². The number of hydrogen-bond acceptors (Lipinski definition) is 5. The first-order valence-corrected chi connectivity index (χ1v) is 12.7. The lowest BCUT2D eigenvalue weighted by Crippen LogP contribution is -2.48. The zero-order valence-electron chi connectivity index (χ0n) is 16.0. The molecule has 1 aliphatic heterocycles. The van der Waals surface area contributed by atoms with Gasteiger partial charge >= 0.3 is 0 Å². The van der Waals surface area contributed by atoms with Gasteiger partial charge in [0.1, 0.15) is 11.6 Å². The highest BCUT2D eigenvalue weighted by atomic mass is 35.5. The molecule has 3 rings (SSSR count). The molecule has 0 aliphatic carbocycles. The second kappa shape index (κ2) is 9.27. The Labute approximate surface area is 180 Å². The van der Waals surface area contributed by atoms with Crippen molar-refractivity contribution in [2.75, 3.05) is 38.5 Å². The van der Waals surface area contributed by atoms with Crippen LogP contribution < -0.4 is 0 Å². The van der Waals surface area contributed by atoms with Crippen LogP contribution in [0.2, 0.25) is 5.02 Å². The van der Waals surface area contributed by atoms with Crippen LogP contribution in [-0.4, -0.2) is 64.5 Å². The number of hydrogen-bond donors (Lipinski definition) is 0. The van der Waals surface area contributed by atoms with E-state index in [2.05, 4.69) is 0 Å². The number of benzene rings is 2. The highest BCUT2D eigenvalue weighted by Gasteiger charge is 2.29. The van der Waals surface area contributed by atoms with Crippen molar-refractivity contribution in [2.24, 2.45) is 0 Å². The van der Waals surface area contributed by atoms with Gasteiger partial charge in [0.15, 0.2) is 9.84 Å². The fraction of sp³-hybridized carbons (Fsp3) is 0.368. The van der Waals surface area contributed by atoms with E-state index in [1.165, 1.54) is 22.5 Å². The van der Waals surface area contributed by atoms with E-state index in [1.54, 1.807) is 0 Å². The summed E-state index contributed by atoms with van der Waals surface area (Å²) in [5.41, 5.74) is 0. The van der Waals surface area contributed by atoms with Gasteiger partial charge in [-0.3, -0.25) is 0 Å². The molecule has 1 saturated heterocycles. The Hall–Kier alpha value is -1.59. The first-order chi connectivity index (χ1) is 14.1. The first kappa shape index (κ1) is 23.1. The number of rotatable bonds is 7. The van der Waals surface area contributed by atoms with E-state index < -0.39 is 31.5 Å². The second-order valence-corrected chi connectivity index (χ2v) is 11.4. The van der Waals surface area contributed by atoms with Crippen molar-refractivity contribution in [2.45, 2.75) is 16.2 Å². The van der Waals surface area contributed by atoms with Crippen LogP contribution in [0.15, 0.2) is 52.3 Å². The number of nitrogens with zero attached hydrogens (tertiary/aromatic N) is 2.